The Morgan fingerprint density at radius 3 is 2.24 bits per heavy atom. The van der Waals surface area contributed by atoms with E-state index in [1.54, 1.807) is 6.08 Å². The highest BCUT2D eigenvalue weighted by Gasteiger charge is 2.50. The SMILES string of the molecule is C=C1CC[C@H](C)C/C1=C/COP(c1ccccc1)c1ccccc1.[2H]C([2H])([2H])[C@@H](/C=C/[C@@H](C)[C@H]1CC[C@H]2/C(=C/C=C3/C[C@@H](O)CCC3=C)CCC[C@]12C)C(O)(C([2H])([2H])[2H])C([2H])([2H])[2H]. The number of hydrogen-bond acceptors (Lipinski definition) is 3. The number of aliphatic hydroxyl groups excluding tert-OH is 1. The molecule has 0 radical (unpaired) electrons. The quantitative estimate of drug-likeness (QED) is 0.187. The molecule has 4 fully saturated rings. The van der Waals surface area contributed by atoms with Crippen LogP contribution in [0.25, 0.3) is 0 Å². The molecule has 4 aliphatic rings. The Morgan fingerprint density at radius 2 is 1.57 bits per heavy atom. The van der Waals surface area contributed by atoms with Crippen molar-refractivity contribution < 1.29 is 27.1 Å². The lowest BCUT2D eigenvalue weighted by molar-refractivity contribution is 0.0436. The van der Waals surface area contributed by atoms with E-state index in [0.29, 0.717) is 18.9 Å². The first kappa shape index (κ1) is 31.3. The monoisotopic (exact) mass is 758 g/mol. The Bertz CT molecular complexity index is 1930. The van der Waals surface area contributed by atoms with Gasteiger partial charge in [-0.25, -0.2) is 0 Å². The number of rotatable bonds is 10. The molecule has 4 heteroatoms. The van der Waals surface area contributed by atoms with Crippen LogP contribution in [-0.4, -0.2) is 28.5 Å². The van der Waals surface area contributed by atoms with Crippen molar-refractivity contribution in [2.75, 3.05) is 6.61 Å². The van der Waals surface area contributed by atoms with Crippen LogP contribution in [0.15, 0.2) is 132 Å². The summed E-state index contributed by atoms with van der Waals surface area (Å²) >= 11 is 0. The van der Waals surface area contributed by atoms with E-state index < -0.39 is 40.2 Å². The van der Waals surface area contributed by atoms with Gasteiger partial charge in [0.25, 0.3) is 0 Å². The Labute approximate surface area is 342 Å². The van der Waals surface area contributed by atoms with Crippen LogP contribution < -0.4 is 10.6 Å². The summed E-state index contributed by atoms with van der Waals surface area (Å²) in [5, 5.41) is 23.6. The Balaban J connectivity index is 0.000000265. The average Bonchev–Trinajstić information content (AvgIpc) is 3.58. The van der Waals surface area contributed by atoms with E-state index in [1.165, 1.54) is 33.7 Å². The highest BCUT2D eigenvalue weighted by Crippen LogP contribution is 2.59. The molecule has 54 heavy (non-hydrogen) atoms. The predicted octanol–water partition coefficient (Wildman–Crippen LogP) is 12.1. The number of aliphatic hydroxyl groups is 2. The van der Waals surface area contributed by atoms with Gasteiger partial charge in [-0.05, 0) is 125 Å². The average molecular weight is 758 g/mol. The van der Waals surface area contributed by atoms with Crippen molar-refractivity contribution in [1.29, 1.82) is 0 Å². The second-order valence-corrected chi connectivity index (χ2v) is 18.3. The maximum absolute atomic E-state index is 11.0. The minimum absolute atomic E-state index is 0.0464. The molecule has 0 aromatic heterocycles. The lowest BCUT2D eigenvalue weighted by Crippen LogP contribution is -2.35. The summed E-state index contributed by atoms with van der Waals surface area (Å²) in [7, 11) is -0.777. The van der Waals surface area contributed by atoms with Gasteiger partial charge in [-0.1, -0.05) is 149 Å². The summed E-state index contributed by atoms with van der Waals surface area (Å²) in [6.45, 7) is 5.72. The van der Waals surface area contributed by atoms with Gasteiger partial charge in [-0.15, -0.1) is 0 Å². The summed E-state index contributed by atoms with van der Waals surface area (Å²) in [5.41, 5.74) is 2.79. The van der Waals surface area contributed by atoms with Crippen LogP contribution in [-0.2, 0) is 4.52 Å². The molecular weight excluding hydrogens is 680 g/mol. The third-order valence-electron chi connectivity index (χ3n) is 12.4. The molecular formula is C50H69O3P. The zero-order valence-electron chi connectivity index (χ0n) is 41.8. The van der Waals surface area contributed by atoms with E-state index >= 15 is 0 Å². The molecule has 0 saturated heterocycles. The number of benzene rings is 2. The van der Waals surface area contributed by atoms with E-state index in [0.717, 1.165) is 80.9 Å². The zero-order valence-corrected chi connectivity index (χ0v) is 33.7. The first-order valence-corrected chi connectivity index (χ1v) is 21.3. The van der Waals surface area contributed by atoms with Crippen molar-refractivity contribution >= 4 is 18.8 Å². The summed E-state index contributed by atoms with van der Waals surface area (Å²) in [6, 6.07) is 21.1. The molecule has 6 rings (SSSR count). The van der Waals surface area contributed by atoms with Gasteiger partial charge >= 0.3 is 0 Å². The van der Waals surface area contributed by atoms with E-state index in [9.17, 15) is 10.2 Å². The molecule has 7 atom stereocenters. The largest absolute Gasteiger partial charge is 0.393 e. The summed E-state index contributed by atoms with van der Waals surface area (Å²) in [4.78, 5) is 0. The summed E-state index contributed by atoms with van der Waals surface area (Å²) in [5.74, 6) is -0.928. The topological polar surface area (TPSA) is 49.7 Å². The van der Waals surface area contributed by atoms with E-state index in [4.69, 9.17) is 16.9 Å². The molecule has 4 saturated carbocycles. The Morgan fingerprint density at radius 1 is 0.907 bits per heavy atom. The molecule has 0 amide bonds. The maximum atomic E-state index is 11.0. The van der Waals surface area contributed by atoms with E-state index in [2.05, 4.69) is 106 Å². The molecule has 3 nitrogen and oxygen atoms in total. The molecule has 0 heterocycles. The van der Waals surface area contributed by atoms with Crippen LogP contribution in [0.1, 0.15) is 124 Å². The van der Waals surface area contributed by atoms with Gasteiger partial charge in [0.1, 0.15) is 0 Å². The van der Waals surface area contributed by atoms with Crippen molar-refractivity contribution in [3.05, 3.63) is 132 Å². The van der Waals surface area contributed by atoms with Gasteiger partial charge in [0.15, 0.2) is 0 Å². The van der Waals surface area contributed by atoms with Crippen molar-refractivity contribution in [2.24, 2.45) is 35.0 Å². The lowest BCUT2D eigenvalue weighted by atomic mass is 9.61. The molecule has 2 aromatic rings. The van der Waals surface area contributed by atoms with Crippen LogP contribution in [0.4, 0.5) is 0 Å². The normalized spacial score (nSPS) is 32.9. The highest BCUT2D eigenvalue weighted by molar-refractivity contribution is 7.68. The molecule has 0 bridgehead atoms. The van der Waals surface area contributed by atoms with Gasteiger partial charge in [0, 0.05) is 28.9 Å². The fourth-order valence-electron chi connectivity index (χ4n) is 9.17. The number of hydrogen-bond donors (Lipinski definition) is 2. The molecule has 292 valence electrons. The van der Waals surface area contributed by atoms with Gasteiger partial charge in [0.05, 0.1) is 26.5 Å². The van der Waals surface area contributed by atoms with Crippen LogP contribution >= 0.6 is 8.15 Å². The first-order valence-electron chi connectivity index (χ1n) is 24.5. The summed E-state index contributed by atoms with van der Waals surface area (Å²) in [6.07, 6.45) is 19.6. The van der Waals surface area contributed by atoms with E-state index in [-0.39, 0.29) is 23.4 Å². The van der Waals surface area contributed by atoms with Crippen LogP contribution in [0, 0.1) is 35.0 Å². The maximum Gasteiger partial charge on any atom is 0.0922 e. The van der Waals surface area contributed by atoms with E-state index in [1.807, 2.05) is 6.92 Å². The lowest BCUT2D eigenvalue weighted by Gasteiger charge is -2.44. The van der Waals surface area contributed by atoms with Crippen molar-refractivity contribution in [1.82, 2.24) is 0 Å². The minimum atomic E-state index is -3.42. The van der Waals surface area contributed by atoms with Crippen LogP contribution in [0.3, 0.4) is 0 Å². The smallest absolute Gasteiger partial charge is 0.0922 e. The molecule has 2 aromatic carbocycles. The van der Waals surface area contributed by atoms with Crippen molar-refractivity contribution in [2.45, 2.75) is 124 Å². The van der Waals surface area contributed by atoms with Crippen LogP contribution in [0.2, 0.25) is 0 Å². The second kappa shape index (κ2) is 19.4. The Kier molecular flexibility index (Phi) is 11.2. The van der Waals surface area contributed by atoms with Gasteiger partial charge in [-0.3, -0.25) is 0 Å². The number of fused-ring (bicyclic) bond motifs is 1. The Hall–Kier alpha value is -2.81. The standard InChI is InChI=1S/C28H44O2.C22H25OP/c1-19-10-14-24(29)18-23(19)13-12-22-8-7-17-28(6)25(15-16-26(22)28)20(2)9-11-21(3)27(4,5)30;1-18-13-14-19(2)20(17-18)15-16-23-24(21-9-5-3-6-10-21)22-11-7-4-8-12-22/h9,11-13,20-21,24-26,29-30H,1,7-8,10,14-18H2,2-6H3;3-12,15,18H,2,13-14,16-17H2,1H3/b11-9+,22-12+,23-13-;20-15-/t20-,21+,24+,25-,26+,28-;18-/m10/s1/i3D3,4D3,5D3;. The number of allylic oxidation sites excluding steroid dienone is 7. The highest BCUT2D eigenvalue weighted by atomic mass is 31.1. The van der Waals surface area contributed by atoms with Gasteiger partial charge < -0.3 is 14.7 Å². The van der Waals surface area contributed by atoms with Crippen molar-refractivity contribution in [3.63, 3.8) is 0 Å². The minimum Gasteiger partial charge on any atom is -0.393 e. The third-order valence-corrected chi connectivity index (χ3v) is 14.3. The molecule has 0 aliphatic heterocycles. The molecule has 0 spiro atoms. The molecule has 0 unspecified atom stereocenters. The van der Waals surface area contributed by atoms with Crippen molar-refractivity contribution in [3.8, 4) is 0 Å². The van der Waals surface area contributed by atoms with Gasteiger partial charge in [-0.2, -0.15) is 0 Å². The second-order valence-electron chi connectivity index (χ2n) is 16.5. The molecule has 2 N–H and O–H groups in total. The van der Waals surface area contributed by atoms with Crippen LogP contribution in [0.5, 0.6) is 0 Å². The summed E-state index contributed by atoms with van der Waals surface area (Å²) < 4.78 is 76.4. The fourth-order valence-corrected chi connectivity index (χ4v) is 10.9. The first-order chi connectivity index (χ1) is 29.5. The van der Waals surface area contributed by atoms with Gasteiger partial charge in [0.2, 0.25) is 0 Å². The predicted molar refractivity (Wildman–Crippen MR) is 232 cm³/mol. The zero-order chi connectivity index (χ0) is 46.4. The third kappa shape index (κ3) is 11.2. The molecule has 4 aliphatic carbocycles. The fraction of sp³-hybridized carbons (Fsp3) is 0.520.